The number of rotatable bonds is 6. The van der Waals surface area contributed by atoms with Gasteiger partial charge in [-0.1, -0.05) is 40.9 Å². The molecule has 1 aromatic heterocycles. The summed E-state index contributed by atoms with van der Waals surface area (Å²) in [7, 11) is 1.53. The van der Waals surface area contributed by atoms with Crippen molar-refractivity contribution in [2.24, 2.45) is 0 Å². The molecule has 0 bridgehead atoms. The molecule has 162 valence electrons. The number of aryl methyl sites for hydroxylation is 1. The van der Waals surface area contributed by atoms with Gasteiger partial charge in [0.15, 0.2) is 11.5 Å². The zero-order chi connectivity index (χ0) is 22.8. The number of fused-ring (bicyclic) bond motifs is 1. The zero-order valence-electron chi connectivity index (χ0n) is 17.3. The molecule has 0 saturated carbocycles. The molecule has 4 rings (SSSR count). The van der Waals surface area contributed by atoms with Crippen LogP contribution in [0.1, 0.15) is 21.5 Å². The fourth-order valence-corrected chi connectivity index (χ4v) is 3.93. The average Bonchev–Trinajstić information content (AvgIpc) is 2.78. The molecule has 0 radical (unpaired) electrons. The molecule has 7 heteroatoms. The number of benzene rings is 3. The van der Waals surface area contributed by atoms with Crippen molar-refractivity contribution in [3.63, 3.8) is 0 Å². The van der Waals surface area contributed by atoms with Crippen LogP contribution in [0.5, 0.6) is 11.5 Å². The molecule has 0 amide bonds. The lowest BCUT2D eigenvalue weighted by Crippen LogP contribution is -2.22. The molecule has 0 N–H and O–H groups in total. The van der Waals surface area contributed by atoms with E-state index in [1.54, 1.807) is 48.5 Å². The van der Waals surface area contributed by atoms with E-state index in [1.807, 2.05) is 13.0 Å². The Labute approximate surface area is 195 Å². The van der Waals surface area contributed by atoms with Crippen LogP contribution in [0.3, 0.4) is 0 Å². The van der Waals surface area contributed by atoms with Gasteiger partial charge in [-0.3, -0.25) is 0 Å². The van der Waals surface area contributed by atoms with Gasteiger partial charge in [-0.15, -0.1) is 0 Å². The number of hydrogen-bond donors (Lipinski definition) is 0. The number of pyridine rings is 1. The summed E-state index contributed by atoms with van der Waals surface area (Å²) in [5, 5.41) is 13.3. The Bertz CT molecular complexity index is 1320. The van der Waals surface area contributed by atoms with Crippen LogP contribution in [0, 0.1) is 6.92 Å². The second kappa shape index (κ2) is 9.07. The van der Waals surface area contributed by atoms with E-state index in [1.165, 1.54) is 13.2 Å². The monoisotopic (exact) mass is 466 g/mol. The first-order valence-corrected chi connectivity index (χ1v) is 10.5. The predicted octanol–water partition coefficient (Wildman–Crippen LogP) is 5.47. The summed E-state index contributed by atoms with van der Waals surface area (Å²) < 4.78 is 11.4. The van der Waals surface area contributed by atoms with E-state index in [-0.39, 0.29) is 12.2 Å². The number of ether oxygens (including phenoxy) is 2. The molecule has 32 heavy (non-hydrogen) atoms. The lowest BCUT2D eigenvalue weighted by atomic mass is 10.0. The molecule has 0 spiro atoms. The third-order valence-electron chi connectivity index (χ3n) is 5.08. The van der Waals surface area contributed by atoms with Crippen LogP contribution < -0.4 is 14.6 Å². The van der Waals surface area contributed by atoms with Crippen molar-refractivity contribution in [1.29, 1.82) is 0 Å². The summed E-state index contributed by atoms with van der Waals surface area (Å²) in [6.07, 6.45) is 0. The number of carbonyl (C=O) groups excluding carboxylic acids is 1. The van der Waals surface area contributed by atoms with E-state index < -0.39 is 5.97 Å². The van der Waals surface area contributed by atoms with Gasteiger partial charge in [-0.05, 0) is 55.5 Å². The maximum Gasteiger partial charge on any atom is 0.161 e. The summed E-state index contributed by atoms with van der Waals surface area (Å²) in [5.74, 6) is -0.303. The predicted molar refractivity (Wildman–Crippen MR) is 124 cm³/mol. The van der Waals surface area contributed by atoms with Crippen LogP contribution in [0.4, 0.5) is 0 Å². The van der Waals surface area contributed by atoms with Crippen molar-refractivity contribution in [3.05, 3.63) is 87.4 Å². The quantitative estimate of drug-likeness (QED) is 0.376. The minimum atomic E-state index is -1.26. The fourth-order valence-electron chi connectivity index (χ4n) is 3.42. The Hall–Kier alpha value is -3.28. The van der Waals surface area contributed by atoms with Gasteiger partial charge in [0, 0.05) is 32.1 Å². The third kappa shape index (κ3) is 4.35. The topological polar surface area (TPSA) is 71.5 Å². The lowest BCUT2D eigenvalue weighted by molar-refractivity contribution is -0.254. The third-order valence-corrected chi connectivity index (χ3v) is 5.79. The minimum Gasteiger partial charge on any atom is -0.545 e. The number of aromatic nitrogens is 1. The zero-order valence-corrected chi connectivity index (χ0v) is 18.8. The smallest absolute Gasteiger partial charge is 0.161 e. The molecule has 4 aromatic rings. The van der Waals surface area contributed by atoms with Gasteiger partial charge in [0.1, 0.15) is 6.61 Å². The number of carboxylic acids is 1. The molecule has 0 atom stereocenters. The Morgan fingerprint density at radius 2 is 1.75 bits per heavy atom. The molecule has 5 nitrogen and oxygen atoms in total. The molecule has 1 heterocycles. The number of carboxylic acid groups (broad SMARTS) is 1. The summed E-state index contributed by atoms with van der Waals surface area (Å²) in [4.78, 5) is 16.4. The highest BCUT2D eigenvalue weighted by Gasteiger charge is 2.13. The number of hydrogen-bond acceptors (Lipinski definition) is 5. The van der Waals surface area contributed by atoms with E-state index in [4.69, 9.17) is 32.7 Å². The highest BCUT2D eigenvalue weighted by molar-refractivity contribution is 6.35. The van der Waals surface area contributed by atoms with Gasteiger partial charge in [0.2, 0.25) is 0 Å². The molecule has 0 unspecified atom stereocenters. The Morgan fingerprint density at radius 3 is 2.44 bits per heavy atom. The van der Waals surface area contributed by atoms with Crippen LogP contribution in [-0.4, -0.2) is 18.1 Å². The van der Waals surface area contributed by atoms with Crippen LogP contribution in [0.2, 0.25) is 10.0 Å². The molecule has 0 fully saturated rings. The van der Waals surface area contributed by atoms with E-state index in [2.05, 4.69) is 4.98 Å². The number of halogens is 2. The molecule has 0 aliphatic heterocycles. The van der Waals surface area contributed by atoms with Crippen LogP contribution in [0.15, 0.2) is 60.7 Å². The fraction of sp³-hybridized carbons (Fsp3) is 0.120. The van der Waals surface area contributed by atoms with Gasteiger partial charge >= 0.3 is 0 Å². The van der Waals surface area contributed by atoms with Gasteiger partial charge in [-0.25, -0.2) is 4.98 Å². The van der Waals surface area contributed by atoms with Crippen LogP contribution in [0.25, 0.3) is 22.2 Å². The Balaban J connectivity index is 1.70. The van der Waals surface area contributed by atoms with Gasteiger partial charge in [-0.2, -0.15) is 0 Å². The van der Waals surface area contributed by atoms with Crippen molar-refractivity contribution in [2.75, 3.05) is 7.11 Å². The van der Waals surface area contributed by atoms with Gasteiger partial charge in [0.25, 0.3) is 0 Å². The standard InChI is InChI=1S/C25H19Cl2NO4/c1-14-6-8-21-16(10-14)17(25(29)30)12-22(28-21)15-7-9-23(24(11-15)31-2)32-13-18-19(26)4-3-5-20(18)27/h3-12H,13H2,1-2H3,(H,29,30)/p-1. The Kier molecular flexibility index (Phi) is 6.21. The normalized spacial score (nSPS) is 10.9. The second-order valence-electron chi connectivity index (χ2n) is 7.22. The van der Waals surface area contributed by atoms with Crippen LogP contribution >= 0.6 is 23.2 Å². The summed E-state index contributed by atoms with van der Waals surface area (Å²) in [6.45, 7) is 2.06. The molecular formula is C25H18Cl2NO4-. The molecule has 0 saturated heterocycles. The minimum absolute atomic E-state index is 0.0846. The van der Waals surface area contributed by atoms with E-state index >= 15 is 0 Å². The summed E-state index contributed by atoms with van der Waals surface area (Å²) in [5.41, 5.74) is 3.43. The molecule has 0 aliphatic carbocycles. The van der Waals surface area contributed by atoms with Crippen molar-refractivity contribution < 1.29 is 19.4 Å². The van der Waals surface area contributed by atoms with Crippen molar-refractivity contribution in [1.82, 2.24) is 4.98 Å². The van der Waals surface area contributed by atoms with E-state index in [0.717, 1.165) is 5.56 Å². The molecule has 0 aliphatic rings. The average molecular weight is 467 g/mol. The largest absolute Gasteiger partial charge is 0.545 e. The van der Waals surface area contributed by atoms with Gasteiger partial charge in [0.05, 0.1) is 24.3 Å². The Morgan fingerprint density at radius 1 is 1.00 bits per heavy atom. The summed E-state index contributed by atoms with van der Waals surface area (Å²) >= 11 is 12.4. The lowest BCUT2D eigenvalue weighted by Gasteiger charge is -2.15. The SMILES string of the molecule is COc1cc(-c2cc(C(=O)[O-])c3cc(C)ccc3n2)ccc1OCc1c(Cl)cccc1Cl. The first-order chi connectivity index (χ1) is 15.4. The number of methoxy groups -OCH3 is 1. The maximum absolute atomic E-state index is 11.8. The van der Waals surface area contributed by atoms with E-state index in [0.29, 0.717) is 49.3 Å². The van der Waals surface area contributed by atoms with Gasteiger partial charge < -0.3 is 19.4 Å². The maximum atomic E-state index is 11.8. The molecule has 3 aromatic carbocycles. The number of nitrogens with zero attached hydrogens (tertiary/aromatic N) is 1. The number of aromatic carboxylic acids is 1. The number of carbonyl (C=O) groups is 1. The first-order valence-electron chi connectivity index (χ1n) is 9.74. The van der Waals surface area contributed by atoms with Crippen molar-refractivity contribution in [2.45, 2.75) is 13.5 Å². The second-order valence-corrected chi connectivity index (χ2v) is 8.03. The van der Waals surface area contributed by atoms with Crippen LogP contribution in [-0.2, 0) is 6.61 Å². The first kappa shape index (κ1) is 21.9. The van der Waals surface area contributed by atoms with Crippen molar-refractivity contribution in [3.8, 4) is 22.8 Å². The highest BCUT2D eigenvalue weighted by Crippen LogP contribution is 2.35. The summed E-state index contributed by atoms with van der Waals surface area (Å²) in [6, 6.07) is 17.5. The van der Waals surface area contributed by atoms with E-state index in [9.17, 15) is 9.90 Å². The highest BCUT2D eigenvalue weighted by atomic mass is 35.5. The molecular weight excluding hydrogens is 449 g/mol. The van der Waals surface area contributed by atoms with Crippen molar-refractivity contribution >= 4 is 40.1 Å².